The van der Waals surface area contributed by atoms with Gasteiger partial charge in [-0.15, -0.1) is 0 Å². The summed E-state index contributed by atoms with van der Waals surface area (Å²) in [7, 11) is 0. The van der Waals surface area contributed by atoms with E-state index in [1.807, 2.05) is 6.92 Å². The molecule has 1 aliphatic carbocycles. The van der Waals surface area contributed by atoms with E-state index in [2.05, 4.69) is 28.2 Å². The molecule has 3 nitrogen and oxygen atoms in total. The Morgan fingerprint density at radius 1 is 1.40 bits per heavy atom. The maximum atomic E-state index is 10.7. The van der Waals surface area contributed by atoms with Crippen LogP contribution in [0.1, 0.15) is 30.0 Å². The summed E-state index contributed by atoms with van der Waals surface area (Å²) < 4.78 is 0. The van der Waals surface area contributed by atoms with Crippen LogP contribution < -0.4 is 0 Å². The molecule has 0 bridgehead atoms. The molecule has 0 aliphatic heterocycles. The van der Waals surface area contributed by atoms with Crippen molar-refractivity contribution >= 4 is 11.7 Å². The summed E-state index contributed by atoms with van der Waals surface area (Å²) in [6.45, 7) is 3.40. The highest BCUT2D eigenvalue weighted by atomic mass is 16.7. The van der Waals surface area contributed by atoms with Crippen LogP contribution in [-0.4, -0.2) is 11.7 Å². The van der Waals surface area contributed by atoms with Gasteiger partial charge in [-0.1, -0.05) is 22.9 Å². The van der Waals surface area contributed by atoms with Crippen molar-refractivity contribution in [1.82, 2.24) is 0 Å². The summed E-state index contributed by atoms with van der Waals surface area (Å²) in [5.74, 6) is -0.372. The van der Waals surface area contributed by atoms with Crippen molar-refractivity contribution in [3.8, 4) is 0 Å². The number of benzene rings is 1. The Balaban J connectivity index is 2.31. The van der Waals surface area contributed by atoms with Crippen LogP contribution in [0.15, 0.2) is 23.4 Å². The van der Waals surface area contributed by atoms with E-state index in [0.29, 0.717) is 0 Å². The van der Waals surface area contributed by atoms with Crippen LogP contribution in [0.2, 0.25) is 0 Å². The Bertz CT molecular complexity index is 435. The molecule has 3 heteroatoms. The van der Waals surface area contributed by atoms with E-state index in [9.17, 15) is 4.79 Å². The number of fused-ring (bicyclic) bond motifs is 1. The second-order valence-electron chi connectivity index (χ2n) is 3.78. The van der Waals surface area contributed by atoms with E-state index >= 15 is 0 Å². The Morgan fingerprint density at radius 2 is 2.20 bits per heavy atom. The van der Waals surface area contributed by atoms with Gasteiger partial charge in [0, 0.05) is 12.5 Å². The van der Waals surface area contributed by atoms with Gasteiger partial charge in [-0.2, -0.15) is 0 Å². The Labute approximate surface area is 88.7 Å². The van der Waals surface area contributed by atoms with Crippen LogP contribution in [0.25, 0.3) is 0 Å². The zero-order chi connectivity index (χ0) is 10.8. The Morgan fingerprint density at radius 3 is 2.93 bits per heavy atom. The number of rotatable bonds is 1. The lowest BCUT2D eigenvalue weighted by Gasteiger charge is -2.00. The number of oxime groups is 1. The van der Waals surface area contributed by atoms with Crippen LogP contribution >= 0.6 is 0 Å². The maximum absolute atomic E-state index is 10.7. The number of carbonyl (C=O) groups is 1. The van der Waals surface area contributed by atoms with Gasteiger partial charge in [-0.25, -0.2) is 4.79 Å². The molecule has 0 fully saturated rings. The molecule has 0 spiro atoms. The summed E-state index contributed by atoms with van der Waals surface area (Å²) in [5.41, 5.74) is 4.48. The van der Waals surface area contributed by atoms with E-state index in [-0.39, 0.29) is 5.97 Å². The lowest BCUT2D eigenvalue weighted by atomic mass is 10.1. The summed E-state index contributed by atoms with van der Waals surface area (Å²) >= 11 is 0. The monoisotopic (exact) mass is 203 g/mol. The topological polar surface area (TPSA) is 38.7 Å². The fourth-order valence-corrected chi connectivity index (χ4v) is 1.78. The van der Waals surface area contributed by atoms with Gasteiger partial charge in [-0.05, 0) is 31.4 Å². The second kappa shape index (κ2) is 3.85. The van der Waals surface area contributed by atoms with Crippen molar-refractivity contribution in [2.45, 2.75) is 26.7 Å². The first kappa shape index (κ1) is 9.90. The highest BCUT2D eigenvalue weighted by Crippen LogP contribution is 2.23. The van der Waals surface area contributed by atoms with Crippen molar-refractivity contribution in [1.29, 1.82) is 0 Å². The first-order valence-corrected chi connectivity index (χ1v) is 5.01. The van der Waals surface area contributed by atoms with E-state index in [0.717, 1.165) is 24.1 Å². The number of hydrogen-bond donors (Lipinski definition) is 0. The number of carbonyl (C=O) groups excluding carboxylic acids is 1. The summed E-state index contributed by atoms with van der Waals surface area (Å²) in [6, 6.07) is 6.29. The lowest BCUT2D eigenvalue weighted by Crippen LogP contribution is -1.99. The van der Waals surface area contributed by atoms with Crippen molar-refractivity contribution in [2.24, 2.45) is 5.16 Å². The van der Waals surface area contributed by atoms with Gasteiger partial charge in [0.1, 0.15) is 0 Å². The zero-order valence-electron chi connectivity index (χ0n) is 8.91. The minimum atomic E-state index is -0.372. The van der Waals surface area contributed by atoms with Crippen LogP contribution in [-0.2, 0) is 16.1 Å². The minimum Gasteiger partial charge on any atom is -0.318 e. The van der Waals surface area contributed by atoms with Crippen LogP contribution in [0.5, 0.6) is 0 Å². The van der Waals surface area contributed by atoms with Crippen LogP contribution in [0.3, 0.4) is 0 Å². The third kappa shape index (κ3) is 2.06. The van der Waals surface area contributed by atoms with Crippen LogP contribution in [0.4, 0.5) is 0 Å². The molecule has 15 heavy (non-hydrogen) atoms. The molecule has 0 saturated heterocycles. The largest absolute Gasteiger partial charge is 0.331 e. The highest BCUT2D eigenvalue weighted by Gasteiger charge is 2.18. The first-order valence-electron chi connectivity index (χ1n) is 5.01. The van der Waals surface area contributed by atoms with Gasteiger partial charge in [0.15, 0.2) is 0 Å². The van der Waals surface area contributed by atoms with E-state index < -0.39 is 0 Å². The zero-order valence-corrected chi connectivity index (χ0v) is 8.91. The first-order chi connectivity index (χ1) is 7.16. The molecular weight excluding hydrogens is 190 g/mol. The van der Waals surface area contributed by atoms with E-state index in [1.54, 1.807) is 0 Å². The molecule has 2 rings (SSSR count). The fourth-order valence-electron chi connectivity index (χ4n) is 1.78. The molecule has 0 aromatic heterocycles. The smallest absolute Gasteiger partial charge is 0.318 e. The molecule has 1 aliphatic rings. The van der Waals surface area contributed by atoms with E-state index in [4.69, 9.17) is 0 Å². The van der Waals surface area contributed by atoms with Crippen molar-refractivity contribution in [3.05, 3.63) is 34.9 Å². The average Bonchev–Trinajstić information content (AvgIpc) is 2.57. The van der Waals surface area contributed by atoms with Crippen LogP contribution in [0, 0.1) is 6.92 Å². The molecule has 1 aromatic carbocycles. The molecule has 1 aromatic rings. The van der Waals surface area contributed by atoms with E-state index in [1.165, 1.54) is 18.1 Å². The second-order valence-corrected chi connectivity index (χ2v) is 3.78. The molecule has 0 N–H and O–H groups in total. The Hall–Kier alpha value is -1.64. The normalized spacial score (nSPS) is 16.5. The van der Waals surface area contributed by atoms with Crippen molar-refractivity contribution in [2.75, 3.05) is 0 Å². The van der Waals surface area contributed by atoms with Crippen molar-refractivity contribution in [3.63, 3.8) is 0 Å². The van der Waals surface area contributed by atoms with Gasteiger partial charge in [0.25, 0.3) is 0 Å². The minimum absolute atomic E-state index is 0.372. The molecule has 0 heterocycles. The highest BCUT2D eigenvalue weighted by molar-refractivity contribution is 6.04. The lowest BCUT2D eigenvalue weighted by molar-refractivity contribution is -0.140. The SMILES string of the molecule is CC(=O)O/N=C1/CCc2ccc(C)cc21. The maximum Gasteiger partial charge on any atom is 0.331 e. The fraction of sp³-hybridized carbons (Fsp3) is 0.333. The summed E-state index contributed by atoms with van der Waals surface area (Å²) in [4.78, 5) is 15.3. The quantitative estimate of drug-likeness (QED) is 0.518. The van der Waals surface area contributed by atoms with Gasteiger partial charge in [-0.3, -0.25) is 0 Å². The number of nitrogens with zero attached hydrogens (tertiary/aromatic N) is 1. The molecule has 0 amide bonds. The van der Waals surface area contributed by atoms with Gasteiger partial charge in [0.2, 0.25) is 0 Å². The Kier molecular flexibility index (Phi) is 2.54. The van der Waals surface area contributed by atoms with Gasteiger partial charge >= 0.3 is 5.97 Å². The molecular formula is C12H13NO2. The van der Waals surface area contributed by atoms with Gasteiger partial charge in [0.05, 0.1) is 5.71 Å². The molecule has 0 saturated carbocycles. The number of aryl methyl sites for hydroxylation is 2. The van der Waals surface area contributed by atoms with Gasteiger partial charge < -0.3 is 4.84 Å². The summed E-state index contributed by atoms with van der Waals surface area (Å²) in [6.07, 6.45) is 1.84. The molecule has 0 unspecified atom stereocenters. The molecule has 78 valence electrons. The molecule has 0 atom stereocenters. The third-order valence-corrected chi connectivity index (χ3v) is 2.49. The molecule has 0 radical (unpaired) electrons. The number of hydrogen-bond acceptors (Lipinski definition) is 3. The predicted octanol–water partition coefficient (Wildman–Crippen LogP) is 2.21. The van der Waals surface area contributed by atoms with Crippen molar-refractivity contribution < 1.29 is 9.63 Å². The summed E-state index contributed by atoms with van der Waals surface area (Å²) in [5, 5.41) is 3.87. The average molecular weight is 203 g/mol. The predicted molar refractivity (Wildman–Crippen MR) is 57.8 cm³/mol. The third-order valence-electron chi connectivity index (χ3n) is 2.49. The standard InChI is InChI=1S/C12H13NO2/c1-8-3-4-10-5-6-12(11(10)7-8)13-15-9(2)14/h3-4,7H,5-6H2,1-2H3/b13-12-.